The molecule has 0 fully saturated rings. The fourth-order valence-electron chi connectivity index (χ4n) is 3.04. The minimum Gasteiger partial charge on any atom is -0.492 e. The summed E-state index contributed by atoms with van der Waals surface area (Å²) in [7, 11) is 0. The molecule has 0 amide bonds. The van der Waals surface area contributed by atoms with Crippen LogP contribution >= 0.6 is 22.9 Å². The Kier molecular flexibility index (Phi) is 9.84. The number of nitrogens with zero attached hydrogens (tertiary/aromatic N) is 1. The molecular weight excluding hydrogens is 410 g/mol. The van der Waals surface area contributed by atoms with Gasteiger partial charge in [-0.25, -0.2) is 0 Å². The van der Waals surface area contributed by atoms with Gasteiger partial charge in [-0.15, -0.1) is 11.3 Å². The first-order valence-electron chi connectivity index (χ1n) is 9.86. The summed E-state index contributed by atoms with van der Waals surface area (Å²) in [5.41, 5.74) is -0.0770. The van der Waals surface area contributed by atoms with Gasteiger partial charge in [0.2, 0.25) is 0 Å². The molecule has 0 atom stereocenters. The van der Waals surface area contributed by atoms with Gasteiger partial charge in [-0.05, 0) is 30.7 Å². The summed E-state index contributed by atoms with van der Waals surface area (Å²) >= 11 is 7.81. The van der Waals surface area contributed by atoms with Gasteiger partial charge < -0.3 is 14.9 Å². The summed E-state index contributed by atoms with van der Waals surface area (Å²) in [6, 6.07) is 11.0. The van der Waals surface area contributed by atoms with Gasteiger partial charge in [0.1, 0.15) is 5.75 Å². The number of ether oxygens (including phenoxy) is 1. The van der Waals surface area contributed by atoms with E-state index in [1.807, 2.05) is 43.0 Å². The monoisotopic (exact) mass is 437 g/mol. The third kappa shape index (κ3) is 5.90. The summed E-state index contributed by atoms with van der Waals surface area (Å²) < 4.78 is 7.61. The number of fused-ring (bicyclic) bond motifs is 2. The van der Waals surface area contributed by atoms with Crippen LogP contribution in [-0.2, 0) is 0 Å². The van der Waals surface area contributed by atoms with Crippen LogP contribution in [0.25, 0.3) is 20.2 Å². The molecule has 0 unspecified atom stereocenters. The van der Waals surface area contributed by atoms with Crippen molar-refractivity contribution in [1.82, 2.24) is 4.90 Å². The fourth-order valence-corrected chi connectivity index (χ4v) is 4.51. The molecule has 7 heteroatoms. The van der Waals surface area contributed by atoms with Gasteiger partial charge in [0, 0.05) is 29.7 Å². The van der Waals surface area contributed by atoms with Gasteiger partial charge in [0.15, 0.2) is 5.43 Å². The molecule has 1 aromatic heterocycles. The van der Waals surface area contributed by atoms with Gasteiger partial charge in [0.25, 0.3) is 0 Å². The van der Waals surface area contributed by atoms with Crippen molar-refractivity contribution in [2.24, 2.45) is 0 Å². The van der Waals surface area contributed by atoms with Gasteiger partial charge >= 0.3 is 0 Å². The summed E-state index contributed by atoms with van der Waals surface area (Å²) in [4.78, 5) is 14.8. The van der Waals surface area contributed by atoms with E-state index < -0.39 is 0 Å². The lowest BCUT2D eigenvalue weighted by molar-refractivity contribution is 0.153. The van der Waals surface area contributed by atoms with E-state index in [-0.39, 0.29) is 18.6 Å². The first-order chi connectivity index (χ1) is 14.2. The molecule has 5 nitrogen and oxygen atoms in total. The highest BCUT2D eigenvalue weighted by atomic mass is 35.5. The molecule has 0 radical (unpaired) electrons. The van der Waals surface area contributed by atoms with Crippen molar-refractivity contribution in [3.63, 3.8) is 0 Å². The molecule has 2 aromatic carbocycles. The molecule has 0 bridgehead atoms. The highest BCUT2D eigenvalue weighted by Crippen LogP contribution is 2.35. The number of aliphatic hydroxyl groups excluding tert-OH is 2. The predicted molar refractivity (Wildman–Crippen MR) is 123 cm³/mol. The zero-order valence-corrected chi connectivity index (χ0v) is 18.4. The lowest BCUT2D eigenvalue weighted by Gasteiger charge is -2.20. The molecular formula is C22H28ClNO4S. The topological polar surface area (TPSA) is 70.0 Å². The van der Waals surface area contributed by atoms with Crippen molar-refractivity contribution in [3.8, 4) is 5.75 Å². The van der Waals surface area contributed by atoms with E-state index in [2.05, 4.69) is 0 Å². The maximum Gasteiger partial charge on any atom is 0.197 e. The number of benzene rings is 2. The number of halogens is 1. The van der Waals surface area contributed by atoms with Gasteiger partial charge in [-0.2, -0.15) is 0 Å². The van der Waals surface area contributed by atoms with Crippen LogP contribution in [0.5, 0.6) is 5.75 Å². The van der Waals surface area contributed by atoms with Crippen LogP contribution in [0.1, 0.15) is 20.3 Å². The molecule has 158 valence electrons. The normalized spacial score (nSPS) is 11.0. The van der Waals surface area contributed by atoms with Gasteiger partial charge in [-0.3, -0.25) is 9.69 Å². The van der Waals surface area contributed by atoms with E-state index in [9.17, 15) is 4.79 Å². The number of hydrogen-bond donors (Lipinski definition) is 2. The van der Waals surface area contributed by atoms with Crippen molar-refractivity contribution >= 4 is 43.1 Å². The molecule has 1 heterocycles. The maximum atomic E-state index is 12.8. The SMILES string of the molecule is CC.O=c1c2ccccc2sc2c(OCCCN(CCO)CCO)ccc(Cl)c12. The molecule has 0 aliphatic carbocycles. The summed E-state index contributed by atoms with van der Waals surface area (Å²) in [6.07, 6.45) is 0.743. The number of rotatable bonds is 9. The zero-order chi connectivity index (χ0) is 21.2. The lowest BCUT2D eigenvalue weighted by atomic mass is 10.2. The minimum atomic E-state index is -0.0770. The van der Waals surface area contributed by atoms with E-state index >= 15 is 0 Å². The van der Waals surface area contributed by atoms with Gasteiger partial charge in [0.05, 0.1) is 34.9 Å². The second-order valence-electron chi connectivity index (χ2n) is 6.17. The smallest absolute Gasteiger partial charge is 0.197 e. The van der Waals surface area contributed by atoms with Crippen molar-refractivity contribution in [3.05, 3.63) is 51.6 Å². The first-order valence-corrected chi connectivity index (χ1v) is 11.1. The van der Waals surface area contributed by atoms with Crippen LogP contribution in [0.4, 0.5) is 0 Å². The Hall–Kier alpha value is -1.70. The Bertz CT molecular complexity index is 970. The maximum absolute atomic E-state index is 12.8. The van der Waals surface area contributed by atoms with Crippen molar-refractivity contribution < 1.29 is 14.9 Å². The van der Waals surface area contributed by atoms with Crippen LogP contribution in [0, 0.1) is 0 Å². The van der Waals surface area contributed by atoms with Crippen LogP contribution < -0.4 is 10.2 Å². The van der Waals surface area contributed by atoms with Crippen LogP contribution in [-0.4, -0.2) is 54.6 Å². The van der Waals surface area contributed by atoms with Crippen molar-refractivity contribution in [1.29, 1.82) is 0 Å². The predicted octanol–water partition coefficient (Wildman–Crippen LogP) is 4.15. The molecule has 3 rings (SSSR count). The molecule has 0 aliphatic rings. The number of aliphatic hydroxyl groups is 2. The van der Waals surface area contributed by atoms with Gasteiger partial charge in [-0.1, -0.05) is 37.6 Å². The lowest BCUT2D eigenvalue weighted by Crippen LogP contribution is -2.31. The second-order valence-corrected chi connectivity index (χ2v) is 7.63. The molecule has 0 saturated heterocycles. The Labute approximate surface area is 180 Å². The second kappa shape index (κ2) is 12.1. The van der Waals surface area contributed by atoms with E-state index in [4.69, 9.17) is 26.6 Å². The fraction of sp³-hybridized carbons (Fsp3) is 0.409. The Morgan fingerprint density at radius 2 is 1.72 bits per heavy atom. The molecule has 2 N–H and O–H groups in total. The highest BCUT2D eigenvalue weighted by Gasteiger charge is 2.13. The third-order valence-electron chi connectivity index (χ3n) is 4.35. The Morgan fingerprint density at radius 3 is 2.41 bits per heavy atom. The quantitative estimate of drug-likeness (QED) is 0.388. The molecule has 0 saturated carbocycles. The van der Waals surface area contributed by atoms with Crippen LogP contribution in [0.15, 0.2) is 41.2 Å². The van der Waals surface area contributed by atoms with E-state index in [1.54, 1.807) is 12.1 Å². The molecule has 0 spiro atoms. The summed E-state index contributed by atoms with van der Waals surface area (Å²) in [6.45, 7) is 6.35. The average Bonchev–Trinajstić information content (AvgIpc) is 2.74. The molecule has 29 heavy (non-hydrogen) atoms. The zero-order valence-electron chi connectivity index (χ0n) is 16.9. The standard InChI is InChI=1S/C20H22ClNO4S.C2H6/c21-15-6-7-16(26-13-3-8-22(9-11-23)10-12-24)20-18(15)19(25)14-4-1-2-5-17(14)27-20;1-2/h1-2,4-7,23-24H,3,8-13H2;1-2H3. The summed E-state index contributed by atoms with van der Waals surface area (Å²) in [5.74, 6) is 0.651. The Morgan fingerprint density at radius 1 is 1.03 bits per heavy atom. The van der Waals surface area contributed by atoms with Crippen molar-refractivity contribution in [2.45, 2.75) is 20.3 Å². The molecule has 0 aliphatic heterocycles. The van der Waals surface area contributed by atoms with Crippen LogP contribution in [0.2, 0.25) is 5.02 Å². The minimum absolute atomic E-state index is 0.0592. The van der Waals surface area contributed by atoms with E-state index in [1.165, 1.54) is 11.3 Å². The molecule has 3 aromatic rings. The summed E-state index contributed by atoms with van der Waals surface area (Å²) in [5, 5.41) is 19.7. The van der Waals surface area contributed by atoms with Crippen LogP contribution in [0.3, 0.4) is 0 Å². The highest BCUT2D eigenvalue weighted by molar-refractivity contribution is 7.25. The first kappa shape index (κ1) is 23.6. The third-order valence-corrected chi connectivity index (χ3v) is 5.85. The largest absolute Gasteiger partial charge is 0.492 e. The number of hydrogen-bond acceptors (Lipinski definition) is 6. The van der Waals surface area contributed by atoms with E-state index in [0.29, 0.717) is 47.8 Å². The Balaban J connectivity index is 0.00000145. The van der Waals surface area contributed by atoms with E-state index in [0.717, 1.165) is 15.8 Å². The average molecular weight is 438 g/mol. The van der Waals surface area contributed by atoms with Crippen molar-refractivity contribution in [2.75, 3.05) is 39.5 Å².